The summed E-state index contributed by atoms with van der Waals surface area (Å²) in [5, 5.41) is 1.15. The topological polar surface area (TPSA) is 22.1 Å². The van der Waals surface area contributed by atoms with E-state index in [-0.39, 0.29) is 0 Å². The predicted molar refractivity (Wildman–Crippen MR) is 66.8 cm³/mol. The molecule has 0 aliphatic rings. The summed E-state index contributed by atoms with van der Waals surface area (Å²) in [5.41, 5.74) is 2.05. The van der Waals surface area contributed by atoms with E-state index in [9.17, 15) is 0 Å². The molecule has 0 unspecified atom stereocenters. The van der Waals surface area contributed by atoms with Crippen LogP contribution in [0.15, 0.2) is 42.5 Å². The molecule has 2 rings (SSSR count). The zero-order valence-electron chi connectivity index (χ0n) is 9.60. The molecule has 0 radical (unpaired) electrons. The van der Waals surface area contributed by atoms with Gasteiger partial charge in [-0.2, -0.15) is 0 Å². The third-order valence-corrected chi connectivity index (χ3v) is 2.42. The molecule has 0 fully saturated rings. The number of ether oxygens (including phenoxy) is 1. The third kappa shape index (κ3) is 2.22. The van der Waals surface area contributed by atoms with Crippen molar-refractivity contribution in [1.82, 2.24) is 4.98 Å². The number of allylic oxidation sites excluding steroid dienone is 1. The Hall–Kier alpha value is -1.83. The molecular formula is C14H15NO. The van der Waals surface area contributed by atoms with Crippen molar-refractivity contribution < 1.29 is 4.74 Å². The number of aryl methyl sites for hydroxylation is 1. The molecule has 1 aromatic heterocycles. The Morgan fingerprint density at radius 3 is 2.94 bits per heavy atom. The molecule has 2 heteroatoms. The second-order valence-electron chi connectivity index (χ2n) is 3.68. The van der Waals surface area contributed by atoms with Gasteiger partial charge in [0.15, 0.2) is 0 Å². The first-order valence-electron chi connectivity index (χ1n) is 5.41. The van der Waals surface area contributed by atoms with Crippen LogP contribution in [0, 0.1) is 6.92 Å². The van der Waals surface area contributed by atoms with E-state index >= 15 is 0 Å². The maximum absolute atomic E-state index is 5.59. The molecule has 0 saturated heterocycles. The van der Waals surface area contributed by atoms with Gasteiger partial charge < -0.3 is 4.74 Å². The summed E-state index contributed by atoms with van der Waals surface area (Å²) in [6.07, 6.45) is 3.94. The number of benzene rings is 1. The van der Waals surface area contributed by atoms with Crippen molar-refractivity contribution in [2.45, 2.75) is 13.8 Å². The molecular weight excluding hydrogens is 198 g/mol. The summed E-state index contributed by atoms with van der Waals surface area (Å²) in [6.45, 7) is 4.57. The van der Waals surface area contributed by atoms with Crippen LogP contribution in [-0.2, 0) is 0 Å². The standard InChI is InChI=1S/C14H15NO/c1-3-4-9-16-14-11(2)10-12-7-5-6-8-13(12)15-14/h3-8,10H,9H2,1-2H3. The molecule has 0 saturated carbocycles. The lowest BCUT2D eigenvalue weighted by Gasteiger charge is -2.07. The van der Waals surface area contributed by atoms with Gasteiger partial charge in [0.25, 0.3) is 0 Å². The van der Waals surface area contributed by atoms with Gasteiger partial charge in [-0.15, -0.1) is 0 Å². The van der Waals surface area contributed by atoms with Gasteiger partial charge in [0, 0.05) is 10.9 Å². The Balaban J connectivity index is 2.34. The van der Waals surface area contributed by atoms with Crippen LogP contribution in [0.2, 0.25) is 0 Å². The number of pyridine rings is 1. The largest absolute Gasteiger partial charge is 0.473 e. The number of aromatic nitrogens is 1. The number of para-hydroxylation sites is 1. The van der Waals surface area contributed by atoms with E-state index in [0.717, 1.165) is 22.3 Å². The highest BCUT2D eigenvalue weighted by atomic mass is 16.5. The Bertz CT molecular complexity index is 517. The molecule has 0 amide bonds. The zero-order valence-corrected chi connectivity index (χ0v) is 9.60. The summed E-state index contributed by atoms with van der Waals surface area (Å²) >= 11 is 0. The third-order valence-electron chi connectivity index (χ3n) is 2.42. The van der Waals surface area contributed by atoms with Crippen LogP contribution in [0.25, 0.3) is 10.9 Å². The first-order valence-corrected chi connectivity index (χ1v) is 5.41. The van der Waals surface area contributed by atoms with Crippen LogP contribution in [-0.4, -0.2) is 11.6 Å². The fraction of sp³-hybridized carbons (Fsp3) is 0.214. The normalized spacial score (nSPS) is 11.1. The summed E-state index contributed by atoms with van der Waals surface area (Å²) in [6, 6.07) is 10.2. The smallest absolute Gasteiger partial charge is 0.217 e. The molecule has 1 aromatic carbocycles. The van der Waals surface area contributed by atoms with Crippen LogP contribution in [0.5, 0.6) is 5.88 Å². The van der Waals surface area contributed by atoms with E-state index in [1.165, 1.54) is 0 Å². The minimum absolute atomic E-state index is 0.572. The minimum atomic E-state index is 0.572. The van der Waals surface area contributed by atoms with Gasteiger partial charge in [0.05, 0.1) is 5.52 Å². The molecule has 16 heavy (non-hydrogen) atoms. The molecule has 1 heterocycles. The Morgan fingerprint density at radius 2 is 2.12 bits per heavy atom. The highest BCUT2D eigenvalue weighted by Gasteiger charge is 2.02. The summed E-state index contributed by atoms with van der Waals surface area (Å²) in [5.74, 6) is 0.719. The summed E-state index contributed by atoms with van der Waals surface area (Å²) in [7, 11) is 0. The van der Waals surface area contributed by atoms with Crippen molar-refractivity contribution in [3.63, 3.8) is 0 Å². The second-order valence-corrected chi connectivity index (χ2v) is 3.68. The molecule has 0 N–H and O–H groups in total. The van der Waals surface area contributed by atoms with Gasteiger partial charge in [0.1, 0.15) is 6.61 Å². The Kier molecular flexibility index (Phi) is 3.20. The lowest BCUT2D eigenvalue weighted by Crippen LogP contribution is -1.98. The lowest BCUT2D eigenvalue weighted by molar-refractivity contribution is 0.347. The maximum atomic E-state index is 5.59. The van der Waals surface area contributed by atoms with Crippen molar-refractivity contribution >= 4 is 10.9 Å². The van der Waals surface area contributed by atoms with Gasteiger partial charge in [-0.05, 0) is 26.0 Å². The van der Waals surface area contributed by atoms with Crippen LogP contribution in [0.4, 0.5) is 0 Å². The Morgan fingerprint density at radius 1 is 1.31 bits per heavy atom. The second kappa shape index (κ2) is 4.79. The van der Waals surface area contributed by atoms with Crippen molar-refractivity contribution in [3.8, 4) is 5.88 Å². The van der Waals surface area contributed by atoms with Gasteiger partial charge >= 0.3 is 0 Å². The van der Waals surface area contributed by atoms with E-state index in [1.54, 1.807) is 0 Å². The molecule has 0 atom stereocenters. The molecule has 0 aliphatic carbocycles. The quantitative estimate of drug-likeness (QED) is 0.728. The van der Waals surface area contributed by atoms with Crippen LogP contribution >= 0.6 is 0 Å². The van der Waals surface area contributed by atoms with Gasteiger partial charge in [-0.25, -0.2) is 4.98 Å². The fourth-order valence-corrected chi connectivity index (χ4v) is 1.57. The van der Waals surface area contributed by atoms with E-state index in [1.807, 2.05) is 44.2 Å². The monoisotopic (exact) mass is 213 g/mol. The van der Waals surface area contributed by atoms with E-state index < -0.39 is 0 Å². The first kappa shape index (κ1) is 10.7. The molecule has 2 nitrogen and oxygen atoms in total. The van der Waals surface area contributed by atoms with Crippen LogP contribution < -0.4 is 4.74 Å². The van der Waals surface area contributed by atoms with E-state index in [4.69, 9.17) is 4.74 Å². The highest BCUT2D eigenvalue weighted by Crippen LogP contribution is 2.21. The number of fused-ring (bicyclic) bond motifs is 1. The van der Waals surface area contributed by atoms with Crippen LogP contribution in [0.1, 0.15) is 12.5 Å². The van der Waals surface area contributed by atoms with E-state index in [0.29, 0.717) is 6.61 Å². The number of hydrogen-bond acceptors (Lipinski definition) is 2. The maximum Gasteiger partial charge on any atom is 0.217 e. The van der Waals surface area contributed by atoms with Crippen molar-refractivity contribution in [3.05, 3.63) is 48.0 Å². The molecule has 2 aromatic rings. The van der Waals surface area contributed by atoms with Gasteiger partial charge in [-0.3, -0.25) is 0 Å². The van der Waals surface area contributed by atoms with Crippen LogP contribution in [0.3, 0.4) is 0 Å². The Labute approximate surface area is 95.6 Å². The first-order chi connectivity index (χ1) is 7.81. The summed E-state index contributed by atoms with van der Waals surface area (Å²) in [4.78, 5) is 4.49. The van der Waals surface area contributed by atoms with Crippen molar-refractivity contribution in [2.75, 3.05) is 6.61 Å². The van der Waals surface area contributed by atoms with Crippen molar-refractivity contribution in [2.24, 2.45) is 0 Å². The predicted octanol–water partition coefficient (Wildman–Crippen LogP) is 3.50. The molecule has 0 bridgehead atoms. The minimum Gasteiger partial charge on any atom is -0.473 e. The molecule has 0 aliphatic heterocycles. The molecule has 0 spiro atoms. The number of hydrogen-bond donors (Lipinski definition) is 0. The number of rotatable bonds is 3. The number of nitrogens with zero attached hydrogens (tertiary/aromatic N) is 1. The average Bonchev–Trinajstić information content (AvgIpc) is 2.30. The van der Waals surface area contributed by atoms with E-state index in [2.05, 4.69) is 17.1 Å². The summed E-state index contributed by atoms with van der Waals surface area (Å²) < 4.78 is 5.59. The molecule has 82 valence electrons. The SMILES string of the molecule is CC=CCOc1nc2ccccc2cc1C. The fourth-order valence-electron chi connectivity index (χ4n) is 1.57. The average molecular weight is 213 g/mol. The van der Waals surface area contributed by atoms with Gasteiger partial charge in [0.2, 0.25) is 5.88 Å². The van der Waals surface area contributed by atoms with Gasteiger partial charge in [-0.1, -0.05) is 30.4 Å². The highest BCUT2D eigenvalue weighted by molar-refractivity contribution is 5.79. The lowest BCUT2D eigenvalue weighted by atomic mass is 10.2. The van der Waals surface area contributed by atoms with Crippen molar-refractivity contribution in [1.29, 1.82) is 0 Å². The zero-order chi connectivity index (χ0) is 11.4.